The molecule has 0 saturated carbocycles. The van der Waals surface area contributed by atoms with Crippen molar-refractivity contribution in [3.63, 3.8) is 0 Å². The van der Waals surface area contributed by atoms with Gasteiger partial charge in [-0.3, -0.25) is 9.59 Å². The molecule has 0 fully saturated rings. The third-order valence-corrected chi connectivity index (χ3v) is 4.79. The van der Waals surface area contributed by atoms with Gasteiger partial charge >= 0.3 is 5.97 Å². The normalized spacial score (nSPS) is 13.0. The predicted molar refractivity (Wildman–Crippen MR) is 108 cm³/mol. The molecule has 8 heteroatoms. The molecule has 2 heterocycles. The van der Waals surface area contributed by atoms with Gasteiger partial charge in [0, 0.05) is 12.1 Å². The van der Waals surface area contributed by atoms with Gasteiger partial charge in [-0.2, -0.15) is 4.98 Å². The molecule has 154 valence electrons. The van der Waals surface area contributed by atoms with E-state index in [2.05, 4.69) is 17.1 Å². The van der Waals surface area contributed by atoms with E-state index in [-0.39, 0.29) is 38.0 Å². The number of fused-ring (bicyclic) bond motifs is 1. The molecule has 0 atom stereocenters. The third kappa shape index (κ3) is 4.32. The lowest BCUT2D eigenvalue weighted by Gasteiger charge is -2.28. The molecule has 4 rings (SSSR count). The van der Waals surface area contributed by atoms with Crippen LogP contribution in [0.25, 0.3) is 11.4 Å². The van der Waals surface area contributed by atoms with Gasteiger partial charge in [0.2, 0.25) is 5.82 Å². The number of esters is 1. The summed E-state index contributed by atoms with van der Waals surface area (Å²) in [6.07, 6.45) is 0.995. The zero-order chi connectivity index (χ0) is 20.9. The van der Waals surface area contributed by atoms with Crippen LogP contribution in [0.2, 0.25) is 0 Å². The number of nitrogens with zero attached hydrogens (tertiary/aromatic N) is 3. The molecule has 8 nitrogen and oxygen atoms in total. The Labute approximate surface area is 173 Å². The number of hydrogen-bond acceptors (Lipinski definition) is 7. The molecular weight excluding hydrogens is 386 g/mol. The van der Waals surface area contributed by atoms with Gasteiger partial charge in [0.05, 0.1) is 12.1 Å². The fourth-order valence-electron chi connectivity index (χ4n) is 3.14. The van der Waals surface area contributed by atoms with Gasteiger partial charge < -0.3 is 18.9 Å². The van der Waals surface area contributed by atoms with Crippen LogP contribution in [0.4, 0.5) is 5.69 Å². The number of carbonyl (C=O) groups excluding carboxylic acids is 2. The average Bonchev–Trinajstić information content (AvgIpc) is 3.26. The summed E-state index contributed by atoms with van der Waals surface area (Å²) in [5, 5.41) is 3.93. The van der Waals surface area contributed by atoms with Gasteiger partial charge in [-0.05, 0) is 24.1 Å². The number of ether oxygens (including phenoxy) is 2. The largest absolute Gasteiger partial charge is 0.482 e. The Morgan fingerprint density at radius 3 is 2.77 bits per heavy atom. The van der Waals surface area contributed by atoms with Crippen molar-refractivity contribution in [2.24, 2.45) is 0 Å². The van der Waals surface area contributed by atoms with Gasteiger partial charge in [-0.25, -0.2) is 0 Å². The lowest BCUT2D eigenvalue weighted by Crippen LogP contribution is -2.40. The molecule has 0 spiro atoms. The molecule has 0 aliphatic carbocycles. The fourth-order valence-corrected chi connectivity index (χ4v) is 3.14. The number of aromatic nitrogens is 2. The smallest absolute Gasteiger partial charge is 0.308 e. The molecule has 1 aromatic heterocycles. The quantitative estimate of drug-likeness (QED) is 0.555. The number of para-hydroxylation sites is 2. The minimum absolute atomic E-state index is 0.0412. The van der Waals surface area contributed by atoms with Crippen molar-refractivity contribution in [1.82, 2.24) is 10.1 Å². The highest BCUT2D eigenvalue weighted by molar-refractivity contribution is 5.98. The van der Waals surface area contributed by atoms with Crippen molar-refractivity contribution in [2.45, 2.75) is 26.4 Å². The number of rotatable bonds is 7. The summed E-state index contributed by atoms with van der Waals surface area (Å²) in [7, 11) is 0. The first kappa shape index (κ1) is 19.6. The molecule has 1 amide bonds. The summed E-state index contributed by atoms with van der Waals surface area (Å²) in [5.41, 5.74) is 2.70. The average molecular weight is 407 g/mol. The minimum atomic E-state index is -0.459. The Bertz CT molecular complexity index is 1040. The first-order chi connectivity index (χ1) is 14.6. The van der Waals surface area contributed by atoms with E-state index in [1.807, 2.05) is 36.4 Å². The molecule has 3 aromatic rings. The number of anilines is 1. The Morgan fingerprint density at radius 1 is 1.17 bits per heavy atom. The number of amides is 1. The summed E-state index contributed by atoms with van der Waals surface area (Å²) in [6.45, 7) is 2.13. The van der Waals surface area contributed by atoms with E-state index >= 15 is 0 Å². The fraction of sp³-hybridized carbons (Fsp3) is 0.273. The van der Waals surface area contributed by atoms with E-state index < -0.39 is 5.97 Å². The standard InChI is InChI=1S/C22H21N3O5/c1-2-15-7-9-16(10-8-15)22-23-19(30-24-22)13-29-21(27)11-12-25-17-5-3-4-6-18(17)28-14-20(25)26/h3-10H,2,11-14H2,1H3. The zero-order valence-electron chi connectivity index (χ0n) is 16.5. The van der Waals surface area contributed by atoms with Gasteiger partial charge in [0.25, 0.3) is 11.8 Å². The highest BCUT2D eigenvalue weighted by Gasteiger charge is 2.25. The van der Waals surface area contributed by atoms with Crippen molar-refractivity contribution < 1.29 is 23.6 Å². The number of carbonyl (C=O) groups is 2. The molecule has 1 aliphatic heterocycles. The Morgan fingerprint density at radius 2 is 1.97 bits per heavy atom. The maximum Gasteiger partial charge on any atom is 0.308 e. The third-order valence-electron chi connectivity index (χ3n) is 4.79. The summed E-state index contributed by atoms with van der Waals surface area (Å²) in [4.78, 5) is 30.1. The maximum atomic E-state index is 12.1. The van der Waals surface area contributed by atoms with E-state index in [4.69, 9.17) is 14.0 Å². The van der Waals surface area contributed by atoms with Crippen molar-refractivity contribution >= 4 is 17.6 Å². The molecule has 30 heavy (non-hydrogen) atoms. The monoisotopic (exact) mass is 407 g/mol. The summed E-state index contributed by atoms with van der Waals surface area (Å²) in [6, 6.07) is 15.1. The first-order valence-electron chi connectivity index (χ1n) is 9.73. The molecule has 0 saturated heterocycles. The lowest BCUT2D eigenvalue weighted by molar-refractivity contribution is -0.145. The van der Waals surface area contributed by atoms with Crippen LogP contribution in [-0.4, -0.2) is 35.2 Å². The molecule has 0 unspecified atom stereocenters. The van der Waals surface area contributed by atoms with Crippen LogP contribution in [0, 0.1) is 0 Å². The van der Waals surface area contributed by atoms with Crippen LogP contribution >= 0.6 is 0 Å². The Hall–Kier alpha value is -3.68. The van der Waals surface area contributed by atoms with Gasteiger partial charge in [0.15, 0.2) is 13.2 Å². The number of benzene rings is 2. The van der Waals surface area contributed by atoms with Crippen molar-refractivity contribution in [3.8, 4) is 17.1 Å². The van der Waals surface area contributed by atoms with Crippen LogP contribution in [0.5, 0.6) is 5.75 Å². The van der Waals surface area contributed by atoms with E-state index in [0.717, 1.165) is 12.0 Å². The summed E-state index contributed by atoms with van der Waals surface area (Å²) < 4.78 is 15.8. The van der Waals surface area contributed by atoms with Crippen molar-refractivity contribution in [3.05, 3.63) is 60.0 Å². The Balaban J connectivity index is 1.30. The van der Waals surface area contributed by atoms with Crippen LogP contribution in [0.3, 0.4) is 0 Å². The van der Waals surface area contributed by atoms with Crippen LogP contribution in [0.1, 0.15) is 24.8 Å². The minimum Gasteiger partial charge on any atom is -0.482 e. The van der Waals surface area contributed by atoms with Gasteiger partial charge in [0.1, 0.15) is 5.75 Å². The van der Waals surface area contributed by atoms with Crippen LogP contribution in [-0.2, 0) is 27.4 Å². The second kappa shape index (κ2) is 8.77. The zero-order valence-corrected chi connectivity index (χ0v) is 16.5. The molecule has 0 radical (unpaired) electrons. The highest BCUT2D eigenvalue weighted by atomic mass is 16.6. The molecular formula is C22H21N3O5. The maximum absolute atomic E-state index is 12.1. The summed E-state index contributed by atoms with van der Waals surface area (Å²) in [5.74, 6) is 0.622. The predicted octanol–water partition coefficient (Wildman–Crippen LogP) is 3.16. The van der Waals surface area contributed by atoms with Gasteiger partial charge in [-0.15, -0.1) is 0 Å². The topological polar surface area (TPSA) is 94.8 Å². The first-order valence-corrected chi connectivity index (χ1v) is 9.73. The summed E-state index contributed by atoms with van der Waals surface area (Å²) >= 11 is 0. The molecule has 0 bridgehead atoms. The van der Waals surface area contributed by atoms with E-state index in [1.165, 1.54) is 10.5 Å². The highest BCUT2D eigenvalue weighted by Crippen LogP contribution is 2.31. The number of aryl methyl sites for hydroxylation is 1. The van der Waals surface area contributed by atoms with Crippen LogP contribution < -0.4 is 9.64 Å². The lowest BCUT2D eigenvalue weighted by atomic mass is 10.1. The Kier molecular flexibility index (Phi) is 5.74. The van der Waals surface area contributed by atoms with E-state index in [1.54, 1.807) is 12.1 Å². The molecule has 0 N–H and O–H groups in total. The van der Waals surface area contributed by atoms with Crippen molar-refractivity contribution in [1.29, 1.82) is 0 Å². The van der Waals surface area contributed by atoms with Crippen molar-refractivity contribution in [2.75, 3.05) is 18.1 Å². The van der Waals surface area contributed by atoms with Crippen LogP contribution in [0.15, 0.2) is 53.1 Å². The van der Waals surface area contributed by atoms with E-state index in [0.29, 0.717) is 17.3 Å². The van der Waals surface area contributed by atoms with Gasteiger partial charge in [-0.1, -0.05) is 48.5 Å². The van der Waals surface area contributed by atoms with E-state index in [9.17, 15) is 9.59 Å². The second-order valence-corrected chi connectivity index (χ2v) is 6.77. The molecule has 1 aliphatic rings. The number of hydrogen-bond donors (Lipinski definition) is 0. The second-order valence-electron chi connectivity index (χ2n) is 6.77. The molecule has 2 aromatic carbocycles. The SMILES string of the molecule is CCc1ccc(-c2noc(COC(=O)CCN3C(=O)COc4ccccc43)n2)cc1.